The molecule has 1 heteroatoms. The average molecular weight is 109 g/mol. The summed E-state index contributed by atoms with van der Waals surface area (Å²) in [6, 6.07) is 0. The van der Waals surface area contributed by atoms with Crippen LogP contribution >= 0.6 is 0 Å². The molecule has 1 unspecified atom stereocenters. The Balaban J connectivity index is 2.26. The first-order valence-electron chi connectivity index (χ1n) is 3.01. The second-order valence-corrected chi connectivity index (χ2v) is 2.37. The summed E-state index contributed by atoms with van der Waals surface area (Å²) in [6.45, 7) is 4.34. The summed E-state index contributed by atoms with van der Waals surface area (Å²) in [5.74, 6) is 3.95. The molecule has 0 bridgehead atoms. The van der Waals surface area contributed by atoms with Gasteiger partial charge in [-0.2, -0.15) is 0 Å². The Hall–Kier alpha value is -0.480. The highest BCUT2D eigenvalue weighted by Gasteiger charge is 2.21. The molecule has 1 saturated heterocycles. The van der Waals surface area contributed by atoms with Crippen molar-refractivity contribution in [3.8, 4) is 12.3 Å². The van der Waals surface area contributed by atoms with Gasteiger partial charge in [0.05, 0.1) is 0 Å². The zero-order valence-corrected chi connectivity index (χ0v) is 5.15. The van der Waals surface area contributed by atoms with Crippen LogP contribution in [0, 0.1) is 24.2 Å². The number of nitrogens with one attached hydrogen (secondary N) is 1. The van der Waals surface area contributed by atoms with E-state index in [-0.39, 0.29) is 0 Å². The standard InChI is InChI=1S/C7H11N/c1-3-6(2)7-4-8-5-7/h1,6-8H,4-5H2,2H3. The molecular weight excluding hydrogens is 98.1 g/mol. The number of hydrogen-bond acceptors (Lipinski definition) is 1. The van der Waals surface area contributed by atoms with Crippen molar-refractivity contribution < 1.29 is 0 Å². The largest absolute Gasteiger partial charge is 0.316 e. The van der Waals surface area contributed by atoms with Gasteiger partial charge in [0.15, 0.2) is 0 Å². The maximum Gasteiger partial charge on any atom is 0.0224 e. The monoisotopic (exact) mass is 109 g/mol. The SMILES string of the molecule is C#CC(C)C1CNC1. The van der Waals surface area contributed by atoms with Crippen LogP contribution in [0.4, 0.5) is 0 Å². The molecule has 44 valence electrons. The second kappa shape index (κ2) is 2.19. The Labute approximate surface area is 50.5 Å². The first kappa shape index (κ1) is 5.65. The molecule has 1 heterocycles. The van der Waals surface area contributed by atoms with E-state index in [9.17, 15) is 0 Å². The Morgan fingerprint density at radius 3 is 2.50 bits per heavy atom. The van der Waals surface area contributed by atoms with E-state index in [0.717, 1.165) is 19.0 Å². The van der Waals surface area contributed by atoms with E-state index in [1.165, 1.54) is 0 Å². The summed E-state index contributed by atoms with van der Waals surface area (Å²) in [6.07, 6.45) is 5.20. The lowest BCUT2D eigenvalue weighted by molar-refractivity contribution is 0.292. The van der Waals surface area contributed by atoms with Crippen LogP contribution in [-0.2, 0) is 0 Å². The number of rotatable bonds is 1. The fraction of sp³-hybridized carbons (Fsp3) is 0.714. The van der Waals surface area contributed by atoms with Crippen molar-refractivity contribution in [3.63, 3.8) is 0 Å². The minimum atomic E-state index is 0.469. The highest BCUT2D eigenvalue weighted by molar-refractivity contribution is 4.97. The highest BCUT2D eigenvalue weighted by Crippen LogP contribution is 2.13. The van der Waals surface area contributed by atoms with Crippen molar-refractivity contribution in [1.29, 1.82) is 0 Å². The Bertz CT molecular complexity index is 108. The quantitative estimate of drug-likeness (QED) is 0.483. The molecule has 1 aliphatic rings. The summed E-state index contributed by atoms with van der Waals surface area (Å²) in [5.41, 5.74) is 0. The van der Waals surface area contributed by atoms with Crippen LogP contribution in [0.1, 0.15) is 6.92 Å². The van der Waals surface area contributed by atoms with Gasteiger partial charge in [-0.3, -0.25) is 0 Å². The molecule has 0 saturated carbocycles. The molecule has 0 aliphatic carbocycles. The van der Waals surface area contributed by atoms with Gasteiger partial charge in [-0.05, 0) is 5.92 Å². The lowest BCUT2D eigenvalue weighted by atomic mass is 9.90. The molecule has 0 spiro atoms. The fourth-order valence-corrected chi connectivity index (χ4v) is 0.801. The molecule has 1 aliphatic heterocycles. The smallest absolute Gasteiger partial charge is 0.0224 e. The first-order chi connectivity index (χ1) is 3.84. The molecule has 1 N–H and O–H groups in total. The molecular formula is C7H11N. The van der Waals surface area contributed by atoms with Crippen LogP contribution in [-0.4, -0.2) is 13.1 Å². The molecule has 1 atom stereocenters. The molecule has 0 aromatic carbocycles. The van der Waals surface area contributed by atoms with Gasteiger partial charge in [0, 0.05) is 19.0 Å². The molecule has 8 heavy (non-hydrogen) atoms. The zero-order valence-electron chi connectivity index (χ0n) is 5.15. The van der Waals surface area contributed by atoms with Crippen LogP contribution in [0.15, 0.2) is 0 Å². The summed E-state index contributed by atoms with van der Waals surface area (Å²) in [4.78, 5) is 0. The van der Waals surface area contributed by atoms with E-state index < -0.39 is 0 Å². The maximum atomic E-state index is 5.20. The maximum absolute atomic E-state index is 5.20. The lowest BCUT2D eigenvalue weighted by Crippen LogP contribution is -2.45. The van der Waals surface area contributed by atoms with E-state index in [2.05, 4.69) is 18.2 Å². The molecule has 0 radical (unpaired) electrons. The van der Waals surface area contributed by atoms with Crippen LogP contribution < -0.4 is 5.32 Å². The molecule has 0 aromatic rings. The van der Waals surface area contributed by atoms with Crippen LogP contribution in [0.25, 0.3) is 0 Å². The molecule has 1 fully saturated rings. The van der Waals surface area contributed by atoms with Gasteiger partial charge >= 0.3 is 0 Å². The van der Waals surface area contributed by atoms with E-state index in [1.807, 2.05) is 0 Å². The molecule has 1 nitrogen and oxygen atoms in total. The fourth-order valence-electron chi connectivity index (χ4n) is 0.801. The Morgan fingerprint density at radius 1 is 1.75 bits per heavy atom. The average Bonchev–Trinajstić information content (AvgIpc) is 1.62. The van der Waals surface area contributed by atoms with Crippen molar-refractivity contribution in [1.82, 2.24) is 5.32 Å². The minimum Gasteiger partial charge on any atom is -0.316 e. The third kappa shape index (κ3) is 0.850. The topological polar surface area (TPSA) is 12.0 Å². The van der Waals surface area contributed by atoms with Gasteiger partial charge in [-0.15, -0.1) is 12.3 Å². The molecule has 0 amide bonds. The van der Waals surface area contributed by atoms with Crippen molar-refractivity contribution in [2.75, 3.05) is 13.1 Å². The van der Waals surface area contributed by atoms with Crippen molar-refractivity contribution in [3.05, 3.63) is 0 Å². The third-order valence-corrected chi connectivity index (χ3v) is 1.78. The van der Waals surface area contributed by atoms with E-state index >= 15 is 0 Å². The highest BCUT2D eigenvalue weighted by atomic mass is 14.9. The minimum absolute atomic E-state index is 0.469. The number of terminal acetylenes is 1. The van der Waals surface area contributed by atoms with Gasteiger partial charge < -0.3 is 5.32 Å². The van der Waals surface area contributed by atoms with Crippen LogP contribution in [0.2, 0.25) is 0 Å². The predicted octanol–water partition coefficient (Wildman–Crippen LogP) is 0.475. The summed E-state index contributed by atoms with van der Waals surface area (Å²) >= 11 is 0. The van der Waals surface area contributed by atoms with Crippen molar-refractivity contribution in [2.24, 2.45) is 11.8 Å². The van der Waals surface area contributed by atoms with E-state index in [1.54, 1.807) is 0 Å². The van der Waals surface area contributed by atoms with Gasteiger partial charge in [-0.25, -0.2) is 0 Å². The van der Waals surface area contributed by atoms with E-state index in [4.69, 9.17) is 6.42 Å². The molecule has 1 rings (SSSR count). The van der Waals surface area contributed by atoms with Gasteiger partial charge in [0.2, 0.25) is 0 Å². The van der Waals surface area contributed by atoms with Gasteiger partial charge in [-0.1, -0.05) is 6.92 Å². The second-order valence-electron chi connectivity index (χ2n) is 2.37. The summed E-state index contributed by atoms with van der Waals surface area (Å²) in [5, 5.41) is 3.18. The predicted molar refractivity (Wildman–Crippen MR) is 34.4 cm³/mol. The first-order valence-corrected chi connectivity index (χ1v) is 3.01. The zero-order chi connectivity index (χ0) is 5.98. The van der Waals surface area contributed by atoms with Gasteiger partial charge in [0.1, 0.15) is 0 Å². The summed E-state index contributed by atoms with van der Waals surface area (Å²) < 4.78 is 0. The van der Waals surface area contributed by atoms with Crippen molar-refractivity contribution >= 4 is 0 Å². The number of hydrogen-bond donors (Lipinski definition) is 1. The van der Waals surface area contributed by atoms with Crippen LogP contribution in [0.5, 0.6) is 0 Å². The van der Waals surface area contributed by atoms with Crippen molar-refractivity contribution in [2.45, 2.75) is 6.92 Å². The Morgan fingerprint density at radius 2 is 2.38 bits per heavy atom. The van der Waals surface area contributed by atoms with Gasteiger partial charge in [0.25, 0.3) is 0 Å². The third-order valence-electron chi connectivity index (χ3n) is 1.78. The van der Waals surface area contributed by atoms with Crippen LogP contribution in [0.3, 0.4) is 0 Å². The lowest BCUT2D eigenvalue weighted by Gasteiger charge is -2.29. The molecule has 0 aromatic heterocycles. The summed E-state index contributed by atoms with van der Waals surface area (Å²) in [7, 11) is 0. The normalized spacial score (nSPS) is 23.5. The van der Waals surface area contributed by atoms with E-state index in [0.29, 0.717) is 5.92 Å². The Kier molecular flexibility index (Phi) is 1.55.